The molecule has 0 atom stereocenters. The Balaban J connectivity index is 1.84. The van der Waals surface area contributed by atoms with Crippen molar-refractivity contribution in [3.8, 4) is 0 Å². The number of alkyl halides is 3. The van der Waals surface area contributed by atoms with Crippen molar-refractivity contribution in [1.29, 1.82) is 0 Å². The fraction of sp³-hybridized carbons (Fsp3) is 0.118. The summed E-state index contributed by atoms with van der Waals surface area (Å²) >= 11 is 0. The van der Waals surface area contributed by atoms with Crippen LogP contribution < -0.4 is 5.32 Å². The number of amides is 1. The minimum Gasteiger partial charge on any atom is -0.428 e. The van der Waals surface area contributed by atoms with Crippen LogP contribution in [0.3, 0.4) is 0 Å². The Morgan fingerprint density at radius 1 is 1.08 bits per heavy atom. The van der Waals surface area contributed by atoms with Crippen LogP contribution in [0.25, 0.3) is 10.9 Å². The van der Waals surface area contributed by atoms with Crippen LogP contribution in [-0.4, -0.2) is 15.8 Å². The van der Waals surface area contributed by atoms with Crippen molar-refractivity contribution in [3.05, 3.63) is 65.9 Å². The normalized spacial score (nSPS) is 11.6. The van der Waals surface area contributed by atoms with Gasteiger partial charge < -0.3 is 10.5 Å². The van der Waals surface area contributed by atoms with E-state index in [0.717, 1.165) is 10.8 Å². The summed E-state index contributed by atoms with van der Waals surface area (Å²) in [6.45, 7) is 0. The Morgan fingerprint density at radius 3 is 2.50 bits per heavy atom. The number of rotatable bonds is 3. The third-order valence-electron chi connectivity index (χ3n) is 3.63. The van der Waals surface area contributed by atoms with Crippen LogP contribution in [0.2, 0.25) is 0 Å². The first-order chi connectivity index (χ1) is 11.4. The highest BCUT2D eigenvalue weighted by atomic mass is 19.4. The summed E-state index contributed by atoms with van der Waals surface area (Å²) in [6.07, 6.45) is -3.33. The van der Waals surface area contributed by atoms with Crippen LogP contribution in [0.15, 0.2) is 54.7 Å². The van der Waals surface area contributed by atoms with Gasteiger partial charge in [-0.3, -0.25) is 4.79 Å². The molecule has 0 unspecified atom stereocenters. The molecule has 0 saturated heterocycles. The van der Waals surface area contributed by atoms with Crippen molar-refractivity contribution in [1.82, 2.24) is 4.73 Å². The van der Waals surface area contributed by atoms with E-state index in [9.17, 15) is 23.2 Å². The smallest absolute Gasteiger partial charge is 0.418 e. The molecule has 3 aromatic rings. The van der Waals surface area contributed by atoms with E-state index in [4.69, 9.17) is 0 Å². The molecule has 1 amide bonds. The summed E-state index contributed by atoms with van der Waals surface area (Å²) in [6, 6.07) is 11.7. The van der Waals surface area contributed by atoms with Crippen LogP contribution >= 0.6 is 0 Å². The highest BCUT2D eigenvalue weighted by Gasteiger charge is 2.33. The van der Waals surface area contributed by atoms with Crippen molar-refractivity contribution >= 4 is 22.5 Å². The zero-order valence-electron chi connectivity index (χ0n) is 12.3. The summed E-state index contributed by atoms with van der Waals surface area (Å²) in [4.78, 5) is 12.1. The van der Waals surface area contributed by atoms with Gasteiger partial charge in [0.25, 0.3) is 0 Å². The van der Waals surface area contributed by atoms with Crippen LogP contribution in [-0.2, 0) is 17.4 Å². The average molecular weight is 334 g/mol. The zero-order valence-corrected chi connectivity index (χ0v) is 12.3. The predicted octanol–water partition coefficient (Wildman–Crippen LogP) is 4.08. The molecule has 0 saturated carbocycles. The van der Waals surface area contributed by atoms with Crippen molar-refractivity contribution < 1.29 is 23.2 Å². The molecule has 0 fully saturated rings. The molecule has 1 aromatic heterocycles. The van der Waals surface area contributed by atoms with Gasteiger partial charge in [-0.05, 0) is 23.8 Å². The average Bonchev–Trinajstić information content (AvgIpc) is 2.83. The Bertz CT molecular complexity index is 900. The molecule has 0 spiro atoms. The van der Waals surface area contributed by atoms with Gasteiger partial charge in [0.15, 0.2) is 0 Å². The number of para-hydroxylation sites is 2. The largest absolute Gasteiger partial charge is 0.428 e. The second-order valence-electron chi connectivity index (χ2n) is 5.28. The Labute approximate surface area is 135 Å². The van der Waals surface area contributed by atoms with Gasteiger partial charge in [0.1, 0.15) is 0 Å². The second kappa shape index (κ2) is 5.92. The molecule has 2 N–H and O–H groups in total. The number of halogens is 3. The minimum absolute atomic E-state index is 0.153. The molecule has 0 aliphatic heterocycles. The van der Waals surface area contributed by atoms with E-state index in [1.165, 1.54) is 24.4 Å². The van der Waals surface area contributed by atoms with E-state index in [1.54, 1.807) is 24.3 Å². The number of hydrogen-bond donors (Lipinski definition) is 2. The zero-order chi connectivity index (χ0) is 17.3. The lowest BCUT2D eigenvalue weighted by molar-refractivity contribution is -0.137. The number of carbonyl (C=O) groups excluding carboxylic acids is 1. The quantitative estimate of drug-likeness (QED) is 0.709. The Hall–Kier alpha value is -2.96. The van der Waals surface area contributed by atoms with Crippen LogP contribution in [0.5, 0.6) is 0 Å². The topological polar surface area (TPSA) is 54.3 Å². The third-order valence-corrected chi connectivity index (χ3v) is 3.63. The molecule has 24 heavy (non-hydrogen) atoms. The molecule has 0 aliphatic rings. The van der Waals surface area contributed by atoms with E-state index >= 15 is 0 Å². The fourth-order valence-electron chi connectivity index (χ4n) is 2.58. The van der Waals surface area contributed by atoms with Gasteiger partial charge in [0, 0.05) is 11.6 Å². The molecule has 0 aliphatic carbocycles. The number of fused-ring (bicyclic) bond motifs is 1. The van der Waals surface area contributed by atoms with Crippen molar-refractivity contribution in [2.75, 3.05) is 5.32 Å². The van der Waals surface area contributed by atoms with Gasteiger partial charge >= 0.3 is 6.18 Å². The summed E-state index contributed by atoms with van der Waals surface area (Å²) in [5.41, 5.74) is -0.142. The van der Waals surface area contributed by atoms with Gasteiger partial charge in [-0.1, -0.05) is 30.3 Å². The van der Waals surface area contributed by atoms with Gasteiger partial charge in [-0.25, -0.2) is 0 Å². The van der Waals surface area contributed by atoms with Crippen LogP contribution in [0.1, 0.15) is 11.1 Å². The van der Waals surface area contributed by atoms with E-state index in [0.29, 0.717) is 16.5 Å². The number of carbonyl (C=O) groups is 1. The summed E-state index contributed by atoms with van der Waals surface area (Å²) in [5, 5.41) is 12.7. The number of aromatic nitrogens is 1. The maximum Gasteiger partial charge on any atom is 0.418 e. The molecular formula is C17H13F3N2O2. The van der Waals surface area contributed by atoms with Crippen molar-refractivity contribution in [2.24, 2.45) is 0 Å². The molecule has 0 radical (unpaired) electrons. The SMILES string of the molecule is O=C(Cc1cn(O)c2ccccc12)Nc1ccccc1C(F)(F)F. The number of nitrogens with one attached hydrogen (secondary N) is 1. The van der Waals surface area contributed by atoms with Gasteiger partial charge in [0.2, 0.25) is 5.91 Å². The van der Waals surface area contributed by atoms with E-state index in [2.05, 4.69) is 5.32 Å². The van der Waals surface area contributed by atoms with Crippen molar-refractivity contribution in [2.45, 2.75) is 12.6 Å². The fourth-order valence-corrected chi connectivity index (χ4v) is 2.58. The van der Waals surface area contributed by atoms with Gasteiger partial charge in [-0.2, -0.15) is 17.9 Å². The molecule has 3 rings (SSSR count). The standard InChI is InChI=1S/C17H13F3N2O2/c18-17(19,20)13-6-2-3-7-14(13)21-16(23)9-11-10-22(24)15-8-4-1-5-12(11)15/h1-8,10,24H,9H2,(H,21,23). The highest BCUT2D eigenvalue weighted by molar-refractivity contribution is 5.96. The first-order valence-electron chi connectivity index (χ1n) is 7.10. The second-order valence-corrected chi connectivity index (χ2v) is 5.28. The summed E-state index contributed by atoms with van der Waals surface area (Å²) in [5.74, 6) is -0.594. The molecule has 124 valence electrons. The lowest BCUT2D eigenvalue weighted by Crippen LogP contribution is -2.18. The number of hydrogen-bond acceptors (Lipinski definition) is 2. The molecule has 0 bridgehead atoms. The Kier molecular flexibility index (Phi) is 3.92. The first kappa shape index (κ1) is 15.9. The van der Waals surface area contributed by atoms with Gasteiger partial charge in [-0.15, -0.1) is 0 Å². The first-order valence-corrected chi connectivity index (χ1v) is 7.10. The van der Waals surface area contributed by atoms with Crippen molar-refractivity contribution in [3.63, 3.8) is 0 Å². The molecule has 2 aromatic carbocycles. The third kappa shape index (κ3) is 3.05. The van der Waals surface area contributed by atoms with Gasteiger partial charge in [0.05, 0.1) is 23.2 Å². The number of anilines is 1. The lowest BCUT2D eigenvalue weighted by atomic mass is 10.1. The summed E-state index contributed by atoms with van der Waals surface area (Å²) < 4.78 is 39.7. The van der Waals surface area contributed by atoms with Crippen LogP contribution in [0, 0.1) is 0 Å². The Morgan fingerprint density at radius 2 is 1.75 bits per heavy atom. The highest BCUT2D eigenvalue weighted by Crippen LogP contribution is 2.34. The molecule has 1 heterocycles. The maximum absolute atomic E-state index is 12.9. The summed E-state index contributed by atoms with van der Waals surface area (Å²) in [7, 11) is 0. The predicted molar refractivity (Wildman–Crippen MR) is 82.9 cm³/mol. The monoisotopic (exact) mass is 334 g/mol. The minimum atomic E-state index is -4.55. The number of nitrogens with zero attached hydrogens (tertiary/aromatic N) is 1. The van der Waals surface area contributed by atoms with E-state index < -0.39 is 17.6 Å². The molecular weight excluding hydrogens is 321 g/mol. The van der Waals surface area contributed by atoms with Crippen LogP contribution in [0.4, 0.5) is 18.9 Å². The molecule has 7 heteroatoms. The molecule has 4 nitrogen and oxygen atoms in total. The van der Waals surface area contributed by atoms with E-state index in [-0.39, 0.29) is 12.1 Å². The number of benzene rings is 2. The lowest BCUT2D eigenvalue weighted by Gasteiger charge is -2.13. The van der Waals surface area contributed by atoms with E-state index in [1.807, 2.05) is 0 Å². The maximum atomic E-state index is 12.9.